The average molecular weight is 359 g/mol. The lowest BCUT2D eigenvalue weighted by Crippen LogP contribution is -2.12. The maximum Gasteiger partial charge on any atom is 0.272 e. The number of nitrogens with two attached hydrogens (primary N) is 1. The van der Waals surface area contributed by atoms with E-state index in [0.717, 1.165) is 8.95 Å². The SMILES string of the molecule is Nc1c[nH]c(C(=O)Nc2ccc(Br)cc2Br)c1. The van der Waals surface area contributed by atoms with Crippen LogP contribution in [0.15, 0.2) is 39.4 Å². The first kappa shape index (κ1) is 12.2. The predicted molar refractivity (Wildman–Crippen MR) is 75.0 cm³/mol. The Morgan fingerprint density at radius 3 is 2.65 bits per heavy atom. The molecular formula is C11H9Br2N3O. The van der Waals surface area contributed by atoms with Crippen LogP contribution in [0.4, 0.5) is 11.4 Å². The first-order valence-corrected chi connectivity index (χ1v) is 6.35. The van der Waals surface area contributed by atoms with Gasteiger partial charge >= 0.3 is 0 Å². The smallest absolute Gasteiger partial charge is 0.272 e. The second-order valence-electron chi connectivity index (χ2n) is 3.42. The molecule has 1 heterocycles. The molecule has 4 N–H and O–H groups in total. The van der Waals surface area contributed by atoms with Crippen molar-refractivity contribution in [2.75, 3.05) is 11.1 Å². The monoisotopic (exact) mass is 357 g/mol. The summed E-state index contributed by atoms with van der Waals surface area (Å²) < 4.78 is 1.74. The molecule has 0 fully saturated rings. The molecule has 6 heteroatoms. The molecular weight excluding hydrogens is 350 g/mol. The summed E-state index contributed by atoms with van der Waals surface area (Å²) in [6.45, 7) is 0. The summed E-state index contributed by atoms with van der Waals surface area (Å²) in [4.78, 5) is 14.6. The molecule has 1 aromatic carbocycles. The van der Waals surface area contributed by atoms with Gasteiger partial charge in [-0.2, -0.15) is 0 Å². The summed E-state index contributed by atoms with van der Waals surface area (Å²) in [5.74, 6) is -0.232. The van der Waals surface area contributed by atoms with Crippen LogP contribution in [-0.4, -0.2) is 10.9 Å². The molecule has 0 unspecified atom stereocenters. The van der Waals surface area contributed by atoms with Crippen LogP contribution < -0.4 is 11.1 Å². The molecule has 0 radical (unpaired) electrons. The van der Waals surface area contributed by atoms with E-state index in [1.807, 2.05) is 12.1 Å². The number of aromatic amines is 1. The van der Waals surface area contributed by atoms with E-state index < -0.39 is 0 Å². The summed E-state index contributed by atoms with van der Waals surface area (Å²) in [5.41, 5.74) is 7.19. The van der Waals surface area contributed by atoms with E-state index in [1.54, 1.807) is 18.3 Å². The Labute approximate surface area is 115 Å². The minimum absolute atomic E-state index is 0.232. The van der Waals surface area contributed by atoms with Gasteiger partial charge in [0.2, 0.25) is 0 Å². The third-order valence-electron chi connectivity index (χ3n) is 2.13. The molecule has 4 nitrogen and oxygen atoms in total. The van der Waals surface area contributed by atoms with Crippen molar-refractivity contribution in [2.24, 2.45) is 0 Å². The number of hydrogen-bond acceptors (Lipinski definition) is 2. The Balaban J connectivity index is 2.18. The van der Waals surface area contributed by atoms with Crippen molar-refractivity contribution in [1.29, 1.82) is 0 Å². The van der Waals surface area contributed by atoms with Gasteiger partial charge in [-0.1, -0.05) is 15.9 Å². The van der Waals surface area contributed by atoms with Crippen LogP contribution in [-0.2, 0) is 0 Å². The van der Waals surface area contributed by atoms with Crippen LogP contribution in [0, 0.1) is 0 Å². The normalized spacial score (nSPS) is 10.2. The van der Waals surface area contributed by atoms with Crippen LogP contribution >= 0.6 is 31.9 Å². The van der Waals surface area contributed by atoms with Gasteiger partial charge < -0.3 is 16.0 Å². The zero-order valence-electron chi connectivity index (χ0n) is 8.63. The van der Waals surface area contributed by atoms with E-state index in [-0.39, 0.29) is 5.91 Å². The zero-order valence-corrected chi connectivity index (χ0v) is 11.8. The number of hydrogen-bond donors (Lipinski definition) is 3. The number of aromatic nitrogens is 1. The zero-order chi connectivity index (χ0) is 12.4. The maximum absolute atomic E-state index is 11.8. The molecule has 0 aliphatic carbocycles. The van der Waals surface area contributed by atoms with Gasteiger partial charge in [-0.25, -0.2) is 0 Å². The van der Waals surface area contributed by atoms with Crippen LogP contribution in [0.2, 0.25) is 0 Å². The number of anilines is 2. The number of carbonyl (C=O) groups excluding carboxylic acids is 1. The molecule has 2 rings (SSSR count). The van der Waals surface area contributed by atoms with Gasteiger partial charge in [0.25, 0.3) is 5.91 Å². The van der Waals surface area contributed by atoms with E-state index in [2.05, 4.69) is 42.2 Å². The van der Waals surface area contributed by atoms with Crippen molar-refractivity contribution in [1.82, 2.24) is 4.98 Å². The second kappa shape index (κ2) is 4.93. The van der Waals surface area contributed by atoms with E-state index >= 15 is 0 Å². The lowest BCUT2D eigenvalue weighted by atomic mass is 10.3. The van der Waals surface area contributed by atoms with Crippen molar-refractivity contribution in [3.8, 4) is 0 Å². The van der Waals surface area contributed by atoms with Crippen LogP contribution in [0.3, 0.4) is 0 Å². The standard InChI is InChI=1S/C11H9Br2N3O/c12-6-1-2-9(8(13)3-6)16-11(17)10-4-7(14)5-15-10/h1-5,15H,14H2,(H,16,17). The van der Waals surface area contributed by atoms with Crippen molar-refractivity contribution in [3.63, 3.8) is 0 Å². The Bertz CT molecular complexity index is 566. The van der Waals surface area contributed by atoms with Crippen molar-refractivity contribution < 1.29 is 4.79 Å². The molecule has 0 saturated heterocycles. The van der Waals surface area contributed by atoms with E-state index in [4.69, 9.17) is 5.73 Å². The molecule has 17 heavy (non-hydrogen) atoms. The fourth-order valence-electron chi connectivity index (χ4n) is 1.32. The highest BCUT2D eigenvalue weighted by Gasteiger charge is 2.09. The molecule has 0 saturated carbocycles. The number of benzene rings is 1. The molecule has 88 valence electrons. The Kier molecular flexibility index (Phi) is 3.54. The molecule has 1 amide bonds. The van der Waals surface area contributed by atoms with Gasteiger partial charge in [-0.3, -0.25) is 4.79 Å². The number of nitrogen functional groups attached to an aromatic ring is 1. The number of nitrogens with one attached hydrogen (secondary N) is 2. The fourth-order valence-corrected chi connectivity index (χ4v) is 2.47. The van der Waals surface area contributed by atoms with Gasteiger partial charge in [-0.05, 0) is 40.2 Å². The third kappa shape index (κ3) is 2.89. The quantitative estimate of drug-likeness (QED) is 0.770. The van der Waals surface area contributed by atoms with Crippen LogP contribution in [0.25, 0.3) is 0 Å². The van der Waals surface area contributed by atoms with Gasteiger partial charge in [0.1, 0.15) is 5.69 Å². The number of rotatable bonds is 2. The van der Waals surface area contributed by atoms with Gasteiger partial charge in [0.15, 0.2) is 0 Å². The van der Waals surface area contributed by atoms with Gasteiger partial charge in [0.05, 0.1) is 5.69 Å². The van der Waals surface area contributed by atoms with E-state index in [0.29, 0.717) is 17.1 Å². The summed E-state index contributed by atoms with van der Waals surface area (Å²) >= 11 is 6.72. The molecule has 1 aromatic heterocycles. The van der Waals surface area contributed by atoms with Crippen LogP contribution in [0.1, 0.15) is 10.5 Å². The number of H-pyrrole nitrogens is 1. The Morgan fingerprint density at radius 2 is 2.06 bits per heavy atom. The summed E-state index contributed by atoms with van der Waals surface area (Å²) in [5, 5.41) is 2.77. The van der Waals surface area contributed by atoms with Crippen LogP contribution in [0.5, 0.6) is 0 Å². The molecule has 0 atom stereocenters. The Morgan fingerprint density at radius 1 is 1.29 bits per heavy atom. The third-order valence-corrected chi connectivity index (χ3v) is 3.28. The summed E-state index contributed by atoms with van der Waals surface area (Å²) in [7, 11) is 0. The summed E-state index contributed by atoms with van der Waals surface area (Å²) in [6, 6.07) is 7.10. The number of amides is 1. The highest BCUT2D eigenvalue weighted by atomic mass is 79.9. The second-order valence-corrected chi connectivity index (χ2v) is 5.19. The number of carbonyl (C=O) groups is 1. The molecule has 0 aliphatic rings. The highest BCUT2D eigenvalue weighted by Crippen LogP contribution is 2.26. The highest BCUT2D eigenvalue weighted by molar-refractivity contribution is 9.11. The number of halogens is 2. The van der Waals surface area contributed by atoms with E-state index in [1.165, 1.54) is 0 Å². The van der Waals surface area contributed by atoms with Crippen molar-refractivity contribution >= 4 is 49.1 Å². The first-order valence-electron chi connectivity index (χ1n) is 4.76. The van der Waals surface area contributed by atoms with Gasteiger partial charge in [0, 0.05) is 20.8 Å². The largest absolute Gasteiger partial charge is 0.397 e. The minimum Gasteiger partial charge on any atom is -0.397 e. The molecule has 0 aliphatic heterocycles. The molecule has 0 bridgehead atoms. The average Bonchev–Trinajstić information content (AvgIpc) is 2.69. The van der Waals surface area contributed by atoms with Crippen molar-refractivity contribution in [2.45, 2.75) is 0 Å². The molecule has 0 spiro atoms. The molecule has 2 aromatic rings. The van der Waals surface area contributed by atoms with E-state index in [9.17, 15) is 4.79 Å². The van der Waals surface area contributed by atoms with Gasteiger partial charge in [-0.15, -0.1) is 0 Å². The first-order chi connectivity index (χ1) is 8.06. The predicted octanol–water partition coefficient (Wildman–Crippen LogP) is 3.37. The summed E-state index contributed by atoms with van der Waals surface area (Å²) in [6.07, 6.45) is 1.57. The minimum atomic E-state index is -0.232. The Hall–Kier alpha value is -1.27. The topological polar surface area (TPSA) is 70.9 Å². The van der Waals surface area contributed by atoms with Crippen molar-refractivity contribution in [3.05, 3.63) is 45.1 Å². The maximum atomic E-state index is 11.8. The lowest BCUT2D eigenvalue weighted by Gasteiger charge is -2.06. The fraction of sp³-hybridized carbons (Fsp3) is 0. The lowest BCUT2D eigenvalue weighted by molar-refractivity contribution is 0.102.